The first kappa shape index (κ1) is 17.1. The topological polar surface area (TPSA) is 84.3 Å². The Hall–Kier alpha value is -0.930. The van der Waals surface area contributed by atoms with Gasteiger partial charge in [-0.3, -0.25) is 14.9 Å². The van der Waals surface area contributed by atoms with Crippen molar-refractivity contribution in [1.82, 2.24) is 10.6 Å². The van der Waals surface area contributed by atoms with E-state index in [9.17, 15) is 14.9 Å². The first-order valence-corrected chi connectivity index (χ1v) is 7.11. The number of non-ortho nitro benzene ring substituents is 1. The minimum Gasteiger partial charge on any atom is -0.349 e. The second kappa shape index (κ2) is 7.75. The Balaban J connectivity index is 0.00000200. The highest BCUT2D eigenvalue weighted by atomic mass is 127. The first-order chi connectivity index (χ1) is 9.08. The lowest BCUT2D eigenvalue weighted by Gasteiger charge is -2.23. The summed E-state index contributed by atoms with van der Waals surface area (Å²) < 4.78 is 0.596. The van der Waals surface area contributed by atoms with E-state index in [-0.39, 0.29) is 30.0 Å². The van der Waals surface area contributed by atoms with Crippen LogP contribution in [0.3, 0.4) is 0 Å². The van der Waals surface area contributed by atoms with Gasteiger partial charge in [-0.15, -0.1) is 12.4 Å². The van der Waals surface area contributed by atoms with Crippen LogP contribution >= 0.6 is 35.0 Å². The summed E-state index contributed by atoms with van der Waals surface area (Å²) in [6.07, 6.45) is 1.82. The summed E-state index contributed by atoms with van der Waals surface area (Å²) in [4.78, 5) is 22.3. The van der Waals surface area contributed by atoms with Gasteiger partial charge in [0, 0.05) is 21.7 Å². The molecule has 1 aromatic rings. The lowest BCUT2D eigenvalue weighted by Crippen LogP contribution is -2.42. The number of hydrogen-bond donors (Lipinski definition) is 2. The molecule has 0 atom stereocenters. The fourth-order valence-electron chi connectivity index (χ4n) is 2.03. The van der Waals surface area contributed by atoms with Gasteiger partial charge in [-0.2, -0.15) is 0 Å². The molecular weight excluding hydrogens is 397 g/mol. The molecule has 1 aromatic carbocycles. The fraction of sp³-hybridized carbons (Fsp3) is 0.417. The molecule has 0 saturated carbocycles. The van der Waals surface area contributed by atoms with Crippen LogP contribution in [-0.2, 0) is 0 Å². The number of nitrogens with one attached hydrogen (secondary N) is 2. The normalized spacial score (nSPS) is 15.2. The summed E-state index contributed by atoms with van der Waals surface area (Å²) in [6, 6.07) is 4.47. The van der Waals surface area contributed by atoms with Gasteiger partial charge in [0.05, 0.1) is 10.5 Å². The quantitative estimate of drug-likeness (QED) is 0.453. The standard InChI is InChI=1S/C12H14IN3O3.ClH/c13-11-7-9(16(18)19)1-2-10(11)12(17)15-8-3-5-14-6-4-8;/h1-2,7-8,14H,3-6H2,(H,15,17);1H. The van der Waals surface area contributed by atoms with E-state index in [1.807, 2.05) is 22.6 Å². The SMILES string of the molecule is Cl.O=C(NC1CCNCC1)c1ccc([N+](=O)[O-])cc1I. The smallest absolute Gasteiger partial charge is 0.270 e. The van der Waals surface area contributed by atoms with Gasteiger partial charge in [0.25, 0.3) is 11.6 Å². The Morgan fingerprint density at radius 3 is 2.60 bits per heavy atom. The molecule has 0 unspecified atom stereocenters. The Morgan fingerprint density at radius 1 is 1.40 bits per heavy atom. The molecule has 0 aliphatic carbocycles. The van der Waals surface area contributed by atoms with Crippen LogP contribution in [0, 0.1) is 13.7 Å². The van der Waals surface area contributed by atoms with Crippen LogP contribution in [0.4, 0.5) is 5.69 Å². The zero-order valence-corrected chi connectivity index (χ0v) is 13.6. The van der Waals surface area contributed by atoms with Crippen molar-refractivity contribution in [3.8, 4) is 0 Å². The maximum absolute atomic E-state index is 12.1. The molecule has 1 aliphatic heterocycles. The van der Waals surface area contributed by atoms with Gasteiger partial charge in [0.15, 0.2) is 0 Å². The van der Waals surface area contributed by atoms with Gasteiger partial charge in [-0.25, -0.2) is 0 Å². The summed E-state index contributed by atoms with van der Waals surface area (Å²) in [6.45, 7) is 1.81. The van der Waals surface area contributed by atoms with Crippen LogP contribution in [-0.4, -0.2) is 30.0 Å². The molecule has 0 bridgehead atoms. The second-order valence-electron chi connectivity index (χ2n) is 4.42. The Kier molecular flexibility index (Phi) is 6.63. The van der Waals surface area contributed by atoms with Crippen molar-refractivity contribution < 1.29 is 9.72 Å². The third kappa shape index (κ3) is 4.29. The van der Waals surface area contributed by atoms with Crippen molar-refractivity contribution in [3.63, 3.8) is 0 Å². The van der Waals surface area contributed by atoms with E-state index in [1.165, 1.54) is 18.2 Å². The molecule has 1 fully saturated rings. The third-order valence-corrected chi connectivity index (χ3v) is 3.97. The molecular formula is C12H15ClIN3O3. The number of nitro benzene ring substituents is 1. The third-order valence-electron chi connectivity index (χ3n) is 3.08. The first-order valence-electron chi connectivity index (χ1n) is 6.03. The number of rotatable bonds is 3. The van der Waals surface area contributed by atoms with Gasteiger partial charge in [0.2, 0.25) is 0 Å². The minimum atomic E-state index is -0.462. The highest BCUT2D eigenvalue weighted by Crippen LogP contribution is 2.20. The van der Waals surface area contributed by atoms with E-state index in [0.29, 0.717) is 9.13 Å². The fourth-order valence-corrected chi connectivity index (χ4v) is 2.77. The van der Waals surface area contributed by atoms with Crippen molar-refractivity contribution in [2.45, 2.75) is 18.9 Å². The zero-order chi connectivity index (χ0) is 13.8. The molecule has 2 N–H and O–H groups in total. The molecule has 1 amide bonds. The number of hydrogen-bond acceptors (Lipinski definition) is 4. The van der Waals surface area contributed by atoms with E-state index in [2.05, 4.69) is 10.6 Å². The second-order valence-corrected chi connectivity index (χ2v) is 5.58. The van der Waals surface area contributed by atoms with Crippen LogP contribution in [0.2, 0.25) is 0 Å². The van der Waals surface area contributed by atoms with Crippen LogP contribution in [0.15, 0.2) is 18.2 Å². The lowest BCUT2D eigenvalue weighted by atomic mass is 10.1. The monoisotopic (exact) mass is 411 g/mol. The molecule has 1 saturated heterocycles. The maximum Gasteiger partial charge on any atom is 0.270 e. The highest BCUT2D eigenvalue weighted by Gasteiger charge is 2.19. The molecule has 8 heteroatoms. The number of amides is 1. The molecule has 1 heterocycles. The number of carbonyl (C=O) groups is 1. The van der Waals surface area contributed by atoms with Crippen molar-refractivity contribution >= 4 is 46.6 Å². The molecule has 0 radical (unpaired) electrons. The number of nitro groups is 1. The molecule has 0 spiro atoms. The van der Waals surface area contributed by atoms with Gasteiger partial charge < -0.3 is 10.6 Å². The number of halogens is 2. The number of carbonyl (C=O) groups excluding carboxylic acids is 1. The van der Waals surface area contributed by atoms with E-state index in [0.717, 1.165) is 25.9 Å². The van der Waals surface area contributed by atoms with E-state index >= 15 is 0 Å². The Labute approximate surface area is 136 Å². The largest absolute Gasteiger partial charge is 0.349 e. The predicted molar refractivity (Wildman–Crippen MR) is 86.4 cm³/mol. The average molecular weight is 412 g/mol. The highest BCUT2D eigenvalue weighted by molar-refractivity contribution is 14.1. The minimum absolute atomic E-state index is 0. The molecule has 1 aliphatic rings. The predicted octanol–water partition coefficient (Wildman–Crippen LogP) is 2.10. The van der Waals surface area contributed by atoms with Gasteiger partial charge in [-0.1, -0.05) is 0 Å². The summed E-state index contributed by atoms with van der Waals surface area (Å²) in [5.41, 5.74) is 0.493. The summed E-state index contributed by atoms with van der Waals surface area (Å²) in [5, 5.41) is 16.8. The van der Waals surface area contributed by atoms with Crippen LogP contribution in [0.25, 0.3) is 0 Å². The summed E-state index contributed by atoms with van der Waals surface area (Å²) in [5.74, 6) is -0.161. The molecule has 0 aromatic heterocycles. The Bertz CT molecular complexity index is 507. The molecule has 6 nitrogen and oxygen atoms in total. The van der Waals surface area contributed by atoms with Crippen molar-refractivity contribution in [2.24, 2.45) is 0 Å². The summed E-state index contributed by atoms with van der Waals surface area (Å²) >= 11 is 1.95. The van der Waals surface area contributed by atoms with Crippen molar-refractivity contribution in [1.29, 1.82) is 0 Å². The van der Waals surface area contributed by atoms with E-state index in [1.54, 1.807) is 0 Å². The Morgan fingerprint density at radius 2 is 2.05 bits per heavy atom. The molecule has 110 valence electrons. The maximum atomic E-state index is 12.1. The van der Waals surface area contributed by atoms with Gasteiger partial charge >= 0.3 is 0 Å². The van der Waals surface area contributed by atoms with Crippen molar-refractivity contribution in [3.05, 3.63) is 37.4 Å². The van der Waals surface area contributed by atoms with E-state index in [4.69, 9.17) is 0 Å². The van der Waals surface area contributed by atoms with Crippen LogP contribution in [0.1, 0.15) is 23.2 Å². The molecule has 20 heavy (non-hydrogen) atoms. The lowest BCUT2D eigenvalue weighted by molar-refractivity contribution is -0.384. The van der Waals surface area contributed by atoms with Crippen LogP contribution in [0.5, 0.6) is 0 Å². The molecule has 2 rings (SSSR count). The zero-order valence-electron chi connectivity index (χ0n) is 10.6. The number of nitrogens with zero attached hydrogens (tertiary/aromatic N) is 1. The van der Waals surface area contributed by atoms with Gasteiger partial charge in [0.1, 0.15) is 0 Å². The van der Waals surface area contributed by atoms with E-state index < -0.39 is 4.92 Å². The average Bonchev–Trinajstić information content (AvgIpc) is 2.39. The van der Waals surface area contributed by atoms with Crippen LogP contribution < -0.4 is 10.6 Å². The summed E-state index contributed by atoms with van der Waals surface area (Å²) in [7, 11) is 0. The van der Waals surface area contributed by atoms with Crippen molar-refractivity contribution in [2.75, 3.05) is 13.1 Å². The van der Waals surface area contributed by atoms with Gasteiger partial charge in [-0.05, 0) is 54.6 Å². The number of piperidine rings is 1. The number of benzene rings is 1.